The first-order valence-electron chi connectivity index (χ1n) is 6.93. The highest BCUT2D eigenvalue weighted by Gasteiger charge is 2.23. The molecule has 0 amide bonds. The Balaban J connectivity index is 2.93. The largest absolute Gasteiger partial charge is 0.314 e. The Bertz CT molecular complexity index is 418. The highest BCUT2D eigenvalue weighted by molar-refractivity contribution is 5.40. The molecule has 0 aliphatic heterocycles. The number of para-hydroxylation sites is 1. The summed E-state index contributed by atoms with van der Waals surface area (Å²) in [5.41, 5.74) is 1.03. The second-order valence-electron chi connectivity index (χ2n) is 5.36. The fourth-order valence-electron chi connectivity index (χ4n) is 2.27. The SMILES string of the molecule is CCNC(Cc1ccccc1[N+](=O)[O-])C(C)C(C)C. The fourth-order valence-corrected chi connectivity index (χ4v) is 2.27. The van der Waals surface area contributed by atoms with Crippen molar-refractivity contribution in [3.05, 3.63) is 39.9 Å². The van der Waals surface area contributed by atoms with Crippen molar-refractivity contribution in [2.45, 2.75) is 40.2 Å². The fraction of sp³-hybridized carbons (Fsp3) is 0.600. The molecule has 2 unspecified atom stereocenters. The molecule has 2 atom stereocenters. The van der Waals surface area contributed by atoms with E-state index in [9.17, 15) is 10.1 Å². The minimum Gasteiger partial charge on any atom is -0.314 e. The van der Waals surface area contributed by atoms with E-state index in [2.05, 4.69) is 33.0 Å². The third-order valence-corrected chi connectivity index (χ3v) is 3.78. The third-order valence-electron chi connectivity index (χ3n) is 3.78. The Morgan fingerprint density at radius 1 is 1.26 bits per heavy atom. The van der Waals surface area contributed by atoms with Gasteiger partial charge in [0.15, 0.2) is 0 Å². The summed E-state index contributed by atoms with van der Waals surface area (Å²) in [7, 11) is 0. The first-order chi connectivity index (χ1) is 8.97. The average Bonchev–Trinajstić information content (AvgIpc) is 2.37. The maximum absolute atomic E-state index is 11.0. The summed E-state index contributed by atoms with van der Waals surface area (Å²) >= 11 is 0. The number of benzene rings is 1. The molecule has 1 aromatic carbocycles. The summed E-state index contributed by atoms with van der Waals surface area (Å²) in [6, 6.07) is 7.29. The van der Waals surface area contributed by atoms with E-state index in [1.165, 1.54) is 0 Å². The van der Waals surface area contributed by atoms with Crippen LogP contribution in [0.5, 0.6) is 0 Å². The normalized spacial score (nSPS) is 14.4. The Hall–Kier alpha value is -1.42. The van der Waals surface area contributed by atoms with E-state index < -0.39 is 0 Å². The second-order valence-corrected chi connectivity index (χ2v) is 5.36. The van der Waals surface area contributed by atoms with Gasteiger partial charge in [-0.05, 0) is 24.8 Å². The summed E-state index contributed by atoms with van der Waals surface area (Å²) in [4.78, 5) is 10.8. The van der Waals surface area contributed by atoms with E-state index in [0.29, 0.717) is 18.3 Å². The molecule has 19 heavy (non-hydrogen) atoms. The molecule has 1 rings (SSSR count). The Kier molecular flexibility index (Phi) is 5.96. The standard InChI is InChI=1S/C15H24N2O2/c1-5-16-14(12(4)11(2)3)10-13-8-6-7-9-15(13)17(18)19/h6-9,11-12,14,16H,5,10H2,1-4H3. The van der Waals surface area contributed by atoms with E-state index in [-0.39, 0.29) is 16.7 Å². The van der Waals surface area contributed by atoms with E-state index in [1.54, 1.807) is 12.1 Å². The van der Waals surface area contributed by atoms with Crippen LogP contribution in [0.1, 0.15) is 33.3 Å². The molecule has 0 aliphatic carbocycles. The van der Waals surface area contributed by atoms with Crippen molar-refractivity contribution in [3.8, 4) is 0 Å². The minimum absolute atomic E-state index is 0.223. The molecule has 0 spiro atoms. The van der Waals surface area contributed by atoms with Crippen molar-refractivity contribution >= 4 is 5.69 Å². The maximum Gasteiger partial charge on any atom is 0.272 e. The molecule has 4 heteroatoms. The number of hydrogen-bond acceptors (Lipinski definition) is 3. The number of hydrogen-bond donors (Lipinski definition) is 1. The van der Waals surface area contributed by atoms with E-state index in [4.69, 9.17) is 0 Å². The zero-order chi connectivity index (χ0) is 14.4. The van der Waals surface area contributed by atoms with Crippen LogP contribution < -0.4 is 5.32 Å². The molecule has 4 nitrogen and oxygen atoms in total. The monoisotopic (exact) mass is 264 g/mol. The smallest absolute Gasteiger partial charge is 0.272 e. The van der Waals surface area contributed by atoms with Gasteiger partial charge < -0.3 is 5.32 Å². The molecule has 1 aromatic rings. The summed E-state index contributed by atoms with van der Waals surface area (Å²) < 4.78 is 0. The molecule has 0 radical (unpaired) electrons. The maximum atomic E-state index is 11.0. The number of rotatable bonds is 7. The van der Waals surface area contributed by atoms with Crippen molar-refractivity contribution in [2.24, 2.45) is 11.8 Å². The number of nitrogens with zero attached hydrogens (tertiary/aromatic N) is 1. The van der Waals surface area contributed by atoms with Gasteiger partial charge in [-0.1, -0.05) is 45.9 Å². The van der Waals surface area contributed by atoms with Crippen molar-refractivity contribution in [1.82, 2.24) is 5.32 Å². The van der Waals surface area contributed by atoms with Crippen LogP contribution in [-0.4, -0.2) is 17.5 Å². The summed E-state index contributed by atoms with van der Waals surface area (Å²) in [6.07, 6.45) is 0.699. The first-order valence-corrected chi connectivity index (χ1v) is 6.93. The van der Waals surface area contributed by atoms with E-state index in [1.807, 2.05) is 12.1 Å². The minimum atomic E-state index is -0.293. The lowest BCUT2D eigenvalue weighted by molar-refractivity contribution is -0.385. The van der Waals surface area contributed by atoms with Gasteiger partial charge in [0.05, 0.1) is 4.92 Å². The predicted octanol–water partition coefficient (Wildman–Crippen LogP) is 3.41. The zero-order valence-electron chi connectivity index (χ0n) is 12.2. The molecule has 0 bridgehead atoms. The van der Waals surface area contributed by atoms with E-state index in [0.717, 1.165) is 12.1 Å². The van der Waals surface area contributed by atoms with Crippen molar-refractivity contribution in [1.29, 1.82) is 0 Å². The average molecular weight is 264 g/mol. The highest BCUT2D eigenvalue weighted by atomic mass is 16.6. The van der Waals surface area contributed by atoms with Gasteiger partial charge >= 0.3 is 0 Å². The van der Waals surface area contributed by atoms with Crippen LogP contribution in [0.4, 0.5) is 5.69 Å². The van der Waals surface area contributed by atoms with Gasteiger partial charge in [0, 0.05) is 17.7 Å². The number of nitro benzene ring substituents is 1. The van der Waals surface area contributed by atoms with Gasteiger partial charge in [0.25, 0.3) is 5.69 Å². The van der Waals surface area contributed by atoms with Crippen LogP contribution >= 0.6 is 0 Å². The lowest BCUT2D eigenvalue weighted by Gasteiger charge is -2.27. The van der Waals surface area contributed by atoms with Crippen molar-refractivity contribution < 1.29 is 4.92 Å². The molecule has 0 heterocycles. The molecular weight excluding hydrogens is 240 g/mol. The summed E-state index contributed by atoms with van der Waals surface area (Å²) in [5, 5.41) is 14.5. The molecule has 0 aliphatic rings. The van der Waals surface area contributed by atoms with Crippen molar-refractivity contribution in [3.63, 3.8) is 0 Å². The Morgan fingerprint density at radius 3 is 2.42 bits per heavy atom. The molecule has 0 saturated heterocycles. The Morgan fingerprint density at radius 2 is 1.89 bits per heavy atom. The lowest BCUT2D eigenvalue weighted by Crippen LogP contribution is -2.39. The molecule has 0 saturated carbocycles. The van der Waals surface area contributed by atoms with Gasteiger partial charge in [0.1, 0.15) is 0 Å². The van der Waals surface area contributed by atoms with Crippen LogP contribution in [0.15, 0.2) is 24.3 Å². The van der Waals surface area contributed by atoms with Crippen LogP contribution in [0.3, 0.4) is 0 Å². The third kappa shape index (κ3) is 4.31. The first kappa shape index (κ1) is 15.6. The van der Waals surface area contributed by atoms with Gasteiger partial charge in [-0.25, -0.2) is 0 Å². The molecular formula is C15H24N2O2. The van der Waals surface area contributed by atoms with Crippen LogP contribution in [0, 0.1) is 22.0 Å². The van der Waals surface area contributed by atoms with Gasteiger partial charge in [0.2, 0.25) is 0 Å². The van der Waals surface area contributed by atoms with Gasteiger partial charge in [-0.2, -0.15) is 0 Å². The number of likely N-dealkylation sites (N-methyl/N-ethyl adjacent to an activating group) is 1. The lowest BCUT2D eigenvalue weighted by atomic mass is 9.86. The highest BCUT2D eigenvalue weighted by Crippen LogP contribution is 2.23. The van der Waals surface area contributed by atoms with Gasteiger partial charge in [-0.3, -0.25) is 10.1 Å². The van der Waals surface area contributed by atoms with Crippen molar-refractivity contribution in [2.75, 3.05) is 6.54 Å². The molecule has 106 valence electrons. The number of nitrogens with one attached hydrogen (secondary N) is 1. The predicted molar refractivity (Wildman–Crippen MR) is 78.3 cm³/mol. The molecule has 0 aromatic heterocycles. The van der Waals surface area contributed by atoms with E-state index >= 15 is 0 Å². The van der Waals surface area contributed by atoms with Gasteiger partial charge in [-0.15, -0.1) is 0 Å². The van der Waals surface area contributed by atoms with Crippen LogP contribution in [0.2, 0.25) is 0 Å². The molecule has 0 fully saturated rings. The summed E-state index contributed by atoms with van der Waals surface area (Å²) in [6.45, 7) is 9.53. The van der Waals surface area contributed by atoms with Crippen LogP contribution in [0.25, 0.3) is 0 Å². The van der Waals surface area contributed by atoms with Crippen LogP contribution in [-0.2, 0) is 6.42 Å². The zero-order valence-corrected chi connectivity index (χ0v) is 12.2. The molecule has 1 N–H and O–H groups in total. The topological polar surface area (TPSA) is 55.2 Å². The second kappa shape index (κ2) is 7.24. The quantitative estimate of drug-likeness (QED) is 0.606. The summed E-state index contributed by atoms with van der Waals surface area (Å²) in [5.74, 6) is 1.02. The Labute approximate surface area is 115 Å². The number of nitro groups is 1.